The molecule has 0 amide bonds. The van der Waals surface area contributed by atoms with Gasteiger partial charge in [-0.3, -0.25) is 0 Å². The van der Waals surface area contributed by atoms with Gasteiger partial charge >= 0.3 is 0 Å². The summed E-state index contributed by atoms with van der Waals surface area (Å²) in [4.78, 5) is 2.03. The van der Waals surface area contributed by atoms with Gasteiger partial charge in [0, 0.05) is 24.1 Å². The Labute approximate surface area is 70.2 Å². The third kappa shape index (κ3) is 3.28. The molecule has 0 fully saturated rings. The molecular weight excluding hydrogens is 174 g/mol. The van der Waals surface area contributed by atoms with E-state index in [1.807, 2.05) is 4.90 Å². The van der Waals surface area contributed by atoms with Gasteiger partial charge in [-0.05, 0) is 24.5 Å². The minimum Gasteiger partial charge on any atom is -0.357 e. The van der Waals surface area contributed by atoms with Gasteiger partial charge in [-0.25, -0.2) is 0 Å². The first-order chi connectivity index (χ1) is 4.26. The smallest absolute Gasteiger partial charge is 0.151 e. The molecule has 0 saturated heterocycles. The third-order valence-corrected chi connectivity index (χ3v) is 2.70. The summed E-state index contributed by atoms with van der Waals surface area (Å²) in [5.74, 6) is 0. The molecule has 0 atom stereocenters. The molecule has 0 aromatic rings. The van der Waals surface area contributed by atoms with Crippen LogP contribution in [0.15, 0.2) is 0 Å². The molecule has 0 aliphatic rings. The van der Waals surface area contributed by atoms with E-state index in [0.29, 0.717) is 0 Å². The zero-order valence-electron chi connectivity index (χ0n) is 5.56. The van der Waals surface area contributed by atoms with Crippen molar-refractivity contribution in [2.45, 2.75) is 13.8 Å². The Morgan fingerprint density at radius 1 is 1.56 bits per heavy atom. The number of thiocarbonyl (C=S) groups is 1. The van der Waals surface area contributed by atoms with Crippen LogP contribution in [0.2, 0.25) is 0 Å². The largest absolute Gasteiger partial charge is 0.357 e. The monoisotopic (exact) mass is 183 g/mol. The van der Waals surface area contributed by atoms with E-state index < -0.39 is 0 Å². The van der Waals surface area contributed by atoms with Crippen LogP contribution in [0.4, 0.5) is 0 Å². The second-order valence-electron chi connectivity index (χ2n) is 1.52. The zero-order chi connectivity index (χ0) is 7.28. The van der Waals surface area contributed by atoms with Gasteiger partial charge in [0.1, 0.15) is 0 Å². The van der Waals surface area contributed by atoms with Crippen LogP contribution < -0.4 is 0 Å². The van der Waals surface area contributed by atoms with Crippen molar-refractivity contribution in [2.24, 2.45) is 0 Å². The Kier molecular flexibility index (Phi) is 5.64. The summed E-state index contributed by atoms with van der Waals surface area (Å²) in [5.41, 5.74) is 0. The first-order valence-corrected chi connectivity index (χ1v) is 4.88. The molecule has 0 aliphatic heterocycles. The number of hydrogen-bond acceptors (Lipinski definition) is 2. The average Bonchev–Trinajstić information content (AvgIpc) is 1.90. The summed E-state index contributed by atoms with van der Waals surface area (Å²) >= 11 is 4.93. The molecule has 4 heteroatoms. The molecule has 0 unspecified atom stereocenters. The van der Waals surface area contributed by atoms with Crippen LogP contribution in [0.25, 0.3) is 0 Å². The Hall–Kier alpha value is 0.530. The molecule has 1 nitrogen and oxygen atoms in total. The second-order valence-corrected chi connectivity index (χ2v) is 3.16. The highest BCUT2D eigenvalue weighted by molar-refractivity contribution is 8.38. The summed E-state index contributed by atoms with van der Waals surface area (Å²) in [6.07, 6.45) is 0. The summed E-state index contributed by atoms with van der Waals surface area (Å²) in [6, 6.07) is 0. The van der Waals surface area contributed by atoms with Crippen LogP contribution in [0.5, 0.6) is 0 Å². The molecular formula is C5H10ClNS2. The van der Waals surface area contributed by atoms with Crippen LogP contribution in [0.1, 0.15) is 13.8 Å². The highest BCUT2D eigenvalue weighted by atomic mass is 35.7. The van der Waals surface area contributed by atoms with Gasteiger partial charge in [0.25, 0.3) is 0 Å². The van der Waals surface area contributed by atoms with E-state index >= 15 is 0 Å². The van der Waals surface area contributed by atoms with E-state index in [1.54, 1.807) is 0 Å². The standard InChI is InChI=1S/C5H10ClNS2/c1-3-7(4-2)5(8)9-6/h3-4H2,1-2H3. The normalized spacial score (nSPS) is 9.22. The molecule has 0 rings (SSSR count). The van der Waals surface area contributed by atoms with Gasteiger partial charge in [-0.1, -0.05) is 12.2 Å². The summed E-state index contributed by atoms with van der Waals surface area (Å²) in [6.45, 7) is 6.00. The predicted octanol–water partition coefficient (Wildman–Crippen LogP) is 2.50. The molecule has 0 saturated carbocycles. The first-order valence-electron chi connectivity index (χ1n) is 2.83. The average molecular weight is 184 g/mol. The fourth-order valence-electron chi connectivity index (χ4n) is 0.531. The van der Waals surface area contributed by atoms with Crippen molar-refractivity contribution < 1.29 is 0 Å². The van der Waals surface area contributed by atoms with Crippen molar-refractivity contribution in [3.05, 3.63) is 0 Å². The maximum Gasteiger partial charge on any atom is 0.151 e. The predicted molar refractivity (Wildman–Crippen MR) is 49.0 cm³/mol. The van der Waals surface area contributed by atoms with Crippen LogP contribution >= 0.6 is 33.9 Å². The molecule has 0 aliphatic carbocycles. The number of halogens is 1. The molecule has 0 aromatic carbocycles. The lowest BCUT2D eigenvalue weighted by molar-refractivity contribution is 0.482. The van der Waals surface area contributed by atoms with Crippen molar-refractivity contribution in [1.82, 2.24) is 4.90 Å². The van der Waals surface area contributed by atoms with Crippen LogP contribution in [0, 0.1) is 0 Å². The molecule has 0 radical (unpaired) electrons. The highest BCUT2D eigenvalue weighted by Gasteiger charge is 2.02. The summed E-state index contributed by atoms with van der Waals surface area (Å²) in [5, 5.41) is 0. The van der Waals surface area contributed by atoms with Gasteiger partial charge in [0.2, 0.25) is 0 Å². The van der Waals surface area contributed by atoms with E-state index in [9.17, 15) is 0 Å². The Balaban J connectivity index is 3.64. The Bertz CT molecular complexity index is 93.0. The van der Waals surface area contributed by atoms with Crippen molar-refractivity contribution in [3.8, 4) is 0 Å². The zero-order valence-corrected chi connectivity index (χ0v) is 7.94. The summed E-state index contributed by atoms with van der Waals surface area (Å²) in [7, 11) is 6.55. The molecule has 9 heavy (non-hydrogen) atoms. The molecule has 0 N–H and O–H groups in total. The van der Waals surface area contributed by atoms with Crippen LogP contribution in [0.3, 0.4) is 0 Å². The van der Waals surface area contributed by atoms with Gasteiger partial charge in [0.15, 0.2) is 4.32 Å². The van der Waals surface area contributed by atoms with Crippen LogP contribution in [-0.4, -0.2) is 22.3 Å². The quantitative estimate of drug-likeness (QED) is 0.606. The van der Waals surface area contributed by atoms with Gasteiger partial charge in [-0.2, -0.15) is 0 Å². The Morgan fingerprint density at radius 3 is 2.11 bits per heavy atom. The third-order valence-electron chi connectivity index (χ3n) is 1.09. The van der Waals surface area contributed by atoms with Crippen molar-refractivity contribution in [2.75, 3.05) is 13.1 Å². The van der Waals surface area contributed by atoms with E-state index in [0.717, 1.165) is 28.4 Å². The SMILES string of the molecule is CCN(CC)C(=S)SCl. The van der Waals surface area contributed by atoms with Crippen molar-refractivity contribution >= 4 is 38.2 Å². The molecule has 0 spiro atoms. The lowest BCUT2D eigenvalue weighted by Crippen LogP contribution is -2.25. The van der Waals surface area contributed by atoms with Crippen molar-refractivity contribution in [3.63, 3.8) is 0 Å². The minimum atomic E-state index is 0.765. The minimum absolute atomic E-state index is 0.765. The maximum atomic E-state index is 5.44. The number of nitrogens with zero attached hydrogens (tertiary/aromatic N) is 1. The Morgan fingerprint density at radius 2 is 2.00 bits per heavy atom. The molecule has 54 valence electrons. The highest BCUT2D eigenvalue weighted by Crippen LogP contribution is 2.12. The first kappa shape index (κ1) is 9.53. The van der Waals surface area contributed by atoms with E-state index in [1.165, 1.54) is 0 Å². The molecule has 0 bridgehead atoms. The summed E-state index contributed by atoms with van der Waals surface area (Å²) < 4.78 is 0.765. The molecule has 0 heterocycles. The number of rotatable bonds is 2. The number of hydrogen-bond donors (Lipinski definition) is 0. The lowest BCUT2D eigenvalue weighted by Gasteiger charge is -2.18. The van der Waals surface area contributed by atoms with E-state index in [-0.39, 0.29) is 0 Å². The fourth-order valence-corrected chi connectivity index (χ4v) is 1.44. The maximum absolute atomic E-state index is 5.44. The van der Waals surface area contributed by atoms with Gasteiger partial charge < -0.3 is 4.90 Å². The second kappa shape index (κ2) is 5.33. The van der Waals surface area contributed by atoms with Gasteiger partial charge in [-0.15, -0.1) is 0 Å². The van der Waals surface area contributed by atoms with Crippen LogP contribution in [-0.2, 0) is 0 Å². The van der Waals surface area contributed by atoms with Gasteiger partial charge in [0.05, 0.1) is 0 Å². The van der Waals surface area contributed by atoms with Crippen molar-refractivity contribution in [1.29, 1.82) is 0 Å². The van der Waals surface area contributed by atoms with E-state index in [4.69, 9.17) is 22.9 Å². The molecule has 0 aromatic heterocycles. The van der Waals surface area contributed by atoms with E-state index in [2.05, 4.69) is 13.8 Å². The topological polar surface area (TPSA) is 3.24 Å². The fraction of sp³-hybridized carbons (Fsp3) is 0.800. The lowest BCUT2D eigenvalue weighted by atomic mass is 10.6.